The monoisotopic (exact) mass is 352 g/mol. The van der Waals surface area contributed by atoms with Gasteiger partial charge in [-0.05, 0) is 31.5 Å². The number of carbonyl (C=O) groups is 2. The van der Waals surface area contributed by atoms with E-state index in [0.29, 0.717) is 25.4 Å². The molecule has 5 heteroatoms. The lowest BCUT2D eigenvalue weighted by Gasteiger charge is -2.20. The number of hydrogen-bond donors (Lipinski definition) is 1. The maximum atomic E-state index is 12.5. The van der Waals surface area contributed by atoms with Crippen LogP contribution in [0.3, 0.4) is 0 Å². The summed E-state index contributed by atoms with van der Waals surface area (Å²) in [5, 5.41) is 2.94. The molecule has 0 aliphatic carbocycles. The number of nitrogens with zero attached hydrogens (tertiary/aromatic N) is 1. The van der Waals surface area contributed by atoms with E-state index >= 15 is 0 Å². The van der Waals surface area contributed by atoms with Crippen LogP contribution in [0.2, 0.25) is 0 Å². The predicted molar refractivity (Wildman–Crippen MR) is 101 cm³/mol. The van der Waals surface area contributed by atoms with E-state index in [0.717, 1.165) is 11.3 Å². The zero-order chi connectivity index (χ0) is 18.5. The molecule has 0 spiro atoms. The summed E-state index contributed by atoms with van der Waals surface area (Å²) in [6.07, 6.45) is 0.222. The van der Waals surface area contributed by atoms with Gasteiger partial charge in [-0.25, -0.2) is 0 Å². The van der Waals surface area contributed by atoms with Gasteiger partial charge in [-0.15, -0.1) is 0 Å². The Morgan fingerprint density at radius 2 is 1.92 bits per heavy atom. The molecule has 0 saturated carbocycles. The van der Waals surface area contributed by atoms with Gasteiger partial charge in [-0.1, -0.05) is 42.0 Å². The number of para-hydroxylation sites is 2. The Kier molecular flexibility index (Phi) is 5.56. The van der Waals surface area contributed by atoms with Crippen molar-refractivity contribution in [1.29, 1.82) is 0 Å². The molecule has 2 amide bonds. The number of ether oxygens (including phenoxy) is 1. The molecule has 1 aliphatic rings. The summed E-state index contributed by atoms with van der Waals surface area (Å²) in [7, 11) is 0. The van der Waals surface area contributed by atoms with Crippen LogP contribution in [-0.4, -0.2) is 25.0 Å². The number of carbonyl (C=O) groups excluding carboxylic acids is 2. The second-order valence-electron chi connectivity index (χ2n) is 6.51. The van der Waals surface area contributed by atoms with Crippen molar-refractivity contribution in [3.8, 4) is 5.75 Å². The van der Waals surface area contributed by atoms with E-state index in [4.69, 9.17) is 4.74 Å². The maximum Gasteiger partial charge on any atom is 0.227 e. The number of anilines is 1. The van der Waals surface area contributed by atoms with Gasteiger partial charge in [-0.2, -0.15) is 0 Å². The van der Waals surface area contributed by atoms with Gasteiger partial charge in [0.1, 0.15) is 5.75 Å². The lowest BCUT2D eigenvalue weighted by molar-refractivity contribution is -0.126. The summed E-state index contributed by atoms with van der Waals surface area (Å²) in [5.74, 6) is 0.189. The minimum atomic E-state index is -0.345. The van der Waals surface area contributed by atoms with Crippen molar-refractivity contribution in [2.75, 3.05) is 18.1 Å². The van der Waals surface area contributed by atoms with Crippen LogP contribution in [0.1, 0.15) is 24.5 Å². The largest absolute Gasteiger partial charge is 0.492 e. The van der Waals surface area contributed by atoms with Crippen molar-refractivity contribution in [3.63, 3.8) is 0 Å². The fourth-order valence-corrected chi connectivity index (χ4v) is 3.11. The van der Waals surface area contributed by atoms with E-state index in [1.54, 1.807) is 4.90 Å². The molecule has 1 saturated heterocycles. The SMILES string of the molecule is CCOc1ccccc1N1C[C@@H](C(=O)NCc2ccc(C)cc2)CC1=O. The first-order valence-electron chi connectivity index (χ1n) is 8.94. The van der Waals surface area contributed by atoms with Gasteiger partial charge in [0.2, 0.25) is 11.8 Å². The lowest BCUT2D eigenvalue weighted by atomic mass is 10.1. The minimum Gasteiger partial charge on any atom is -0.492 e. The van der Waals surface area contributed by atoms with Crippen molar-refractivity contribution < 1.29 is 14.3 Å². The van der Waals surface area contributed by atoms with Gasteiger partial charge in [0, 0.05) is 19.5 Å². The smallest absolute Gasteiger partial charge is 0.227 e. The van der Waals surface area contributed by atoms with E-state index < -0.39 is 0 Å². The normalized spacial score (nSPS) is 16.6. The summed E-state index contributed by atoms with van der Waals surface area (Å²) in [6, 6.07) is 15.5. The zero-order valence-corrected chi connectivity index (χ0v) is 15.2. The first-order valence-corrected chi connectivity index (χ1v) is 8.94. The highest BCUT2D eigenvalue weighted by Gasteiger charge is 2.36. The van der Waals surface area contributed by atoms with Crippen LogP contribution < -0.4 is 15.0 Å². The van der Waals surface area contributed by atoms with Crippen LogP contribution in [0.5, 0.6) is 5.75 Å². The highest BCUT2D eigenvalue weighted by molar-refractivity contribution is 6.01. The summed E-state index contributed by atoms with van der Waals surface area (Å²) >= 11 is 0. The number of aryl methyl sites for hydroxylation is 1. The third-order valence-electron chi connectivity index (χ3n) is 4.54. The van der Waals surface area contributed by atoms with E-state index in [-0.39, 0.29) is 24.2 Å². The predicted octanol–water partition coefficient (Wildman–Crippen LogP) is 3.06. The van der Waals surface area contributed by atoms with Gasteiger partial charge >= 0.3 is 0 Å². The third-order valence-corrected chi connectivity index (χ3v) is 4.54. The fraction of sp³-hybridized carbons (Fsp3) is 0.333. The molecule has 136 valence electrons. The number of rotatable bonds is 6. The van der Waals surface area contributed by atoms with E-state index in [1.807, 2.05) is 62.4 Å². The molecule has 2 aromatic rings. The molecule has 3 rings (SSSR count). The molecule has 1 N–H and O–H groups in total. The molecule has 5 nitrogen and oxygen atoms in total. The van der Waals surface area contributed by atoms with Crippen LogP contribution >= 0.6 is 0 Å². The van der Waals surface area contributed by atoms with Gasteiger partial charge in [0.05, 0.1) is 18.2 Å². The van der Waals surface area contributed by atoms with Gasteiger partial charge in [0.25, 0.3) is 0 Å². The zero-order valence-electron chi connectivity index (χ0n) is 15.2. The van der Waals surface area contributed by atoms with Crippen molar-refractivity contribution in [3.05, 3.63) is 59.7 Å². The highest BCUT2D eigenvalue weighted by Crippen LogP contribution is 2.33. The average molecular weight is 352 g/mol. The highest BCUT2D eigenvalue weighted by atomic mass is 16.5. The van der Waals surface area contributed by atoms with E-state index in [1.165, 1.54) is 5.56 Å². The quantitative estimate of drug-likeness (QED) is 0.869. The van der Waals surface area contributed by atoms with Gasteiger partial charge in [0.15, 0.2) is 0 Å². The molecule has 1 fully saturated rings. The van der Waals surface area contributed by atoms with Crippen LogP contribution in [-0.2, 0) is 16.1 Å². The summed E-state index contributed by atoms with van der Waals surface area (Å²) < 4.78 is 5.61. The molecule has 0 radical (unpaired) electrons. The number of nitrogens with one attached hydrogen (secondary N) is 1. The molecule has 2 aromatic carbocycles. The van der Waals surface area contributed by atoms with Crippen LogP contribution in [0, 0.1) is 12.8 Å². The second-order valence-corrected chi connectivity index (χ2v) is 6.51. The molecule has 1 aliphatic heterocycles. The van der Waals surface area contributed by atoms with Crippen LogP contribution in [0.25, 0.3) is 0 Å². The Morgan fingerprint density at radius 1 is 1.19 bits per heavy atom. The van der Waals surface area contributed by atoms with Crippen LogP contribution in [0.15, 0.2) is 48.5 Å². The second kappa shape index (κ2) is 8.04. The van der Waals surface area contributed by atoms with Gasteiger partial charge in [-0.3, -0.25) is 9.59 Å². The molecule has 26 heavy (non-hydrogen) atoms. The van der Waals surface area contributed by atoms with Crippen molar-refractivity contribution in [2.24, 2.45) is 5.92 Å². The third kappa shape index (κ3) is 4.04. The van der Waals surface area contributed by atoms with Crippen molar-refractivity contribution in [2.45, 2.75) is 26.8 Å². The minimum absolute atomic E-state index is 0.0485. The summed E-state index contributed by atoms with van der Waals surface area (Å²) in [5.41, 5.74) is 2.96. The van der Waals surface area contributed by atoms with Crippen LogP contribution in [0.4, 0.5) is 5.69 Å². The molecule has 0 bridgehead atoms. The number of hydrogen-bond acceptors (Lipinski definition) is 3. The molecule has 1 atom stereocenters. The maximum absolute atomic E-state index is 12.5. The molecule has 0 unspecified atom stereocenters. The Balaban J connectivity index is 1.64. The standard InChI is InChI=1S/C21H24N2O3/c1-3-26-19-7-5-4-6-18(19)23-14-17(12-20(23)24)21(25)22-13-16-10-8-15(2)9-11-16/h4-11,17H,3,12-14H2,1-2H3,(H,22,25)/t17-/m0/s1. The Bertz CT molecular complexity index is 786. The topological polar surface area (TPSA) is 58.6 Å². The van der Waals surface area contributed by atoms with Gasteiger partial charge < -0.3 is 15.0 Å². The Labute approximate surface area is 154 Å². The summed E-state index contributed by atoms with van der Waals surface area (Å²) in [4.78, 5) is 26.6. The number of benzene rings is 2. The molecular formula is C21H24N2O3. The molecule has 1 heterocycles. The van der Waals surface area contributed by atoms with Crippen molar-refractivity contribution in [1.82, 2.24) is 5.32 Å². The molecular weight excluding hydrogens is 328 g/mol. The fourth-order valence-electron chi connectivity index (χ4n) is 3.11. The average Bonchev–Trinajstić information content (AvgIpc) is 3.03. The Hall–Kier alpha value is -2.82. The lowest BCUT2D eigenvalue weighted by Crippen LogP contribution is -2.32. The first kappa shape index (κ1) is 18.0. The van der Waals surface area contributed by atoms with Crippen molar-refractivity contribution >= 4 is 17.5 Å². The molecule has 0 aromatic heterocycles. The Morgan fingerprint density at radius 3 is 2.65 bits per heavy atom. The summed E-state index contributed by atoms with van der Waals surface area (Å²) in [6.45, 7) is 5.31. The first-order chi connectivity index (χ1) is 12.6. The number of amides is 2. The van der Waals surface area contributed by atoms with E-state index in [9.17, 15) is 9.59 Å². The van der Waals surface area contributed by atoms with E-state index in [2.05, 4.69) is 5.32 Å².